The zero-order valence-electron chi connectivity index (χ0n) is 8.79. The Balaban J connectivity index is 2.64. The number of aromatic nitrogens is 1. The highest BCUT2D eigenvalue weighted by atomic mass is 35.5. The Morgan fingerprint density at radius 2 is 1.73 bits per heavy atom. The number of halogens is 1. The number of aryl methyl sites for hydroxylation is 2. The third-order valence-electron chi connectivity index (χ3n) is 2.34. The average Bonchev–Trinajstić information content (AvgIpc) is 2.17. The molecule has 0 fully saturated rings. The van der Waals surface area contributed by atoms with Gasteiger partial charge in [-0.25, -0.2) is 0 Å². The maximum absolute atomic E-state index is 6.23. The Morgan fingerprint density at radius 3 is 2.33 bits per heavy atom. The summed E-state index contributed by atoms with van der Waals surface area (Å²) in [5.74, 6) is 0. The van der Waals surface area contributed by atoms with Crippen molar-refractivity contribution in [2.45, 2.75) is 13.8 Å². The number of pyridine rings is 1. The van der Waals surface area contributed by atoms with Gasteiger partial charge in [-0.1, -0.05) is 41.9 Å². The van der Waals surface area contributed by atoms with E-state index in [-0.39, 0.29) is 0 Å². The SMILES string of the molecule is Cc1cc(Cl)c(-c2ccccc2)c(C)n1. The van der Waals surface area contributed by atoms with E-state index in [0.29, 0.717) is 0 Å². The molecular weight excluding hydrogens is 206 g/mol. The van der Waals surface area contributed by atoms with Crippen LogP contribution >= 0.6 is 11.6 Å². The van der Waals surface area contributed by atoms with Crippen LogP contribution in [-0.4, -0.2) is 4.98 Å². The summed E-state index contributed by atoms with van der Waals surface area (Å²) in [5.41, 5.74) is 4.08. The van der Waals surface area contributed by atoms with Gasteiger partial charge in [-0.15, -0.1) is 0 Å². The lowest BCUT2D eigenvalue weighted by molar-refractivity contribution is 1.13. The lowest BCUT2D eigenvalue weighted by atomic mass is 10.0. The fourth-order valence-corrected chi connectivity index (χ4v) is 2.14. The van der Waals surface area contributed by atoms with Gasteiger partial charge >= 0.3 is 0 Å². The normalized spacial score (nSPS) is 10.3. The van der Waals surface area contributed by atoms with E-state index < -0.39 is 0 Å². The maximum atomic E-state index is 6.23. The molecule has 0 saturated heterocycles. The highest BCUT2D eigenvalue weighted by Gasteiger charge is 2.08. The number of nitrogens with zero attached hydrogens (tertiary/aromatic N) is 1. The summed E-state index contributed by atoms with van der Waals surface area (Å²) in [6, 6.07) is 12.0. The van der Waals surface area contributed by atoms with Crippen molar-refractivity contribution in [3.63, 3.8) is 0 Å². The molecule has 0 aliphatic carbocycles. The molecule has 0 radical (unpaired) electrons. The third kappa shape index (κ3) is 2.02. The molecule has 0 bridgehead atoms. The standard InChI is InChI=1S/C13H12ClN/c1-9-8-12(14)13(10(2)15-9)11-6-4-3-5-7-11/h3-8H,1-2H3. The summed E-state index contributed by atoms with van der Waals surface area (Å²) >= 11 is 6.23. The molecule has 2 aromatic rings. The van der Waals surface area contributed by atoms with Crippen LogP contribution in [-0.2, 0) is 0 Å². The second kappa shape index (κ2) is 4.03. The van der Waals surface area contributed by atoms with Gasteiger partial charge < -0.3 is 0 Å². The highest BCUT2D eigenvalue weighted by molar-refractivity contribution is 6.33. The molecule has 1 nitrogen and oxygen atoms in total. The fourth-order valence-electron chi connectivity index (χ4n) is 1.73. The Labute approximate surface area is 94.7 Å². The van der Waals surface area contributed by atoms with E-state index in [1.165, 1.54) is 0 Å². The van der Waals surface area contributed by atoms with Gasteiger partial charge in [0.25, 0.3) is 0 Å². The maximum Gasteiger partial charge on any atom is 0.0520 e. The first-order chi connectivity index (χ1) is 7.18. The second-order valence-corrected chi connectivity index (χ2v) is 3.98. The molecule has 0 saturated carbocycles. The molecule has 1 aromatic carbocycles. The molecule has 0 unspecified atom stereocenters. The van der Waals surface area contributed by atoms with E-state index in [1.807, 2.05) is 50.2 Å². The Kier molecular flexibility index (Phi) is 2.74. The van der Waals surface area contributed by atoms with Crippen molar-refractivity contribution >= 4 is 11.6 Å². The quantitative estimate of drug-likeness (QED) is 0.703. The minimum atomic E-state index is 0.770. The van der Waals surface area contributed by atoms with E-state index in [9.17, 15) is 0 Å². The van der Waals surface area contributed by atoms with Crippen molar-refractivity contribution in [1.82, 2.24) is 4.98 Å². The zero-order valence-corrected chi connectivity index (χ0v) is 9.55. The van der Waals surface area contributed by atoms with E-state index in [4.69, 9.17) is 11.6 Å². The molecule has 1 heterocycles. The van der Waals surface area contributed by atoms with Crippen LogP contribution in [0.1, 0.15) is 11.4 Å². The molecule has 0 N–H and O–H groups in total. The van der Waals surface area contributed by atoms with Crippen LogP contribution in [0.15, 0.2) is 36.4 Å². The molecule has 76 valence electrons. The molecule has 0 spiro atoms. The molecule has 0 aliphatic rings. The first kappa shape index (κ1) is 10.2. The van der Waals surface area contributed by atoms with Crippen molar-refractivity contribution in [2.75, 3.05) is 0 Å². The third-order valence-corrected chi connectivity index (χ3v) is 2.64. The fraction of sp³-hybridized carbons (Fsp3) is 0.154. The van der Waals surface area contributed by atoms with Gasteiger partial charge in [0.15, 0.2) is 0 Å². The van der Waals surface area contributed by atoms with Crippen LogP contribution in [0.3, 0.4) is 0 Å². The smallest absolute Gasteiger partial charge is 0.0520 e. The first-order valence-electron chi connectivity index (χ1n) is 4.87. The van der Waals surface area contributed by atoms with E-state index in [2.05, 4.69) is 4.98 Å². The van der Waals surface area contributed by atoms with Gasteiger partial charge in [0.1, 0.15) is 0 Å². The Morgan fingerprint density at radius 1 is 1.07 bits per heavy atom. The second-order valence-electron chi connectivity index (χ2n) is 3.57. The largest absolute Gasteiger partial charge is 0.258 e. The zero-order chi connectivity index (χ0) is 10.8. The monoisotopic (exact) mass is 217 g/mol. The predicted octanol–water partition coefficient (Wildman–Crippen LogP) is 4.02. The minimum absolute atomic E-state index is 0.770. The Bertz CT molecular complexity index is 454. The lowest BCUT2D eigenvalue weighted by Gasteiger charge is -2.08. The van der Waals surface area contributed by atoms with Crippen molar-refractivity contribution in [2.24, 2.45) is 0 Å². The van der Waals surface area contributed by atoms with Crippen molar-refractivity contribution < 1.29 is 0 Å². The number of hydrogen-bond donors (Lipinski definition) is 0. The van der Waals surface area contributed by atoms with Crippen LogP contribution < -0.4 is 0 Å². The van der Waals surface area contributed by atoms with Gasteiger partial charge in [0, 0.05) is 17.0 Å². The van der Waals surface area contributed by atoms with Gasteiger partial charge in [0.2, 0.25) is 0 Å². The summed E-state index contributed by atoms with van der Waals surface area (Å²) in [4.78, 5) is 4.43. The lowest BCUT2D eigenvalue weighted by Crippen LogP contribution is -1.91. The summed E-state index contributed by atoms with van der Waals surface area (Å²) in [7, 11) is 0. The molecule has 0 amide bonds. The number of hydrogen-bond acceptors (Lipinski definition) is 1. The average molecular weight is 218 g/mol. The van der Waals surface area contributed by atoms with Crippen molar-refractivity contribution in [1.29, 1.82) is 0 Å². The molecule has 0 atom stereocenters. The van der Waals surface area contributed by atoms with Crippen molar-refractivity contribution in [3.8, 4) is 11.1 Å². The van der Waals surface area contributed by atoms with Crippen LogP contribution in [0.5, 0.6) is 0 Å². The van der Waals surface area contributed by atoms with Gasteiger partial charge in [0.05, 0.1) is 5.02 Å². The summed E-state index contributed by atoms with van der Waals surface area (Å²) in [6.45, 7) is 3.94. The summed E-state index contributed by atoms with van der Waals surface area (Å²) in [5, 5.41) is 0.770. The van der Waals surface area contributed by atoms with Gasteiger partial charge in [-0.2, -0.15) is 0 Å². The van der Waals surface area contributed by atoms with Crippen molar-refractivity contribution in [3.05, 3.63) is 52.8 Å². The number of rotatable bonds is 1. The van der Waals surface area contributed by atoms with E-state index >= 15 is 0 Å². The van der Waals surface area contributed by atoms with Gasteiger partial charge in [-0.3, -0.25) is 4.98 Å². The van der Waals surface area contributed by atoms with E-state index in [0.717, 1.165) is 27.5 Å². The molecule has 1 aromatic heterocycles. The highest BCUT2D eigenvalue weighted by Crippen LogP contribution is 2.30. The first-order valence-corrected chi connectivity index (χ1v) is 5.25. The number of benzene rings is 1. The van der Waals surface area contributed by atoms with E-state index in [1.54, 1.807) is 0 Å². The molecule has 0 aliphatic heterocycles. The molecule has 2 rings (SSSR count). The van der Waals surface area contributed by atoms with Gasteiger partial charge in [-0.05, 0) is 25.5 Å². The summed E-state index contributed by atoms with van der Waals surface area (Å²) in [6.07, 6.45) is 0. The van der Waals surface area contributed by atoms with Crippen LogP contribution in [0.25, 0.3) is 11.1 Å². The topological polar surface area (TPSA) is 12.9 Å². The minimum Gasteiger partial charge on any atom is -0.258 e. The van der Waals surface area contributed by atoms with Crippen LogP contribution in [0, 0.1) is 13.8 Å². The molecule has 2 heteroatoms. The molecule has 15 heavy (non-hydrogen) atoms. The predicted molar refractivity (Wildman–Crippen MR) is 64.2 cm³/mol. The Hall–Kier alpha value is -1.34. The van der Waals surface area contributed by atoms with Crippen LogP contribution in [0.4, 0.5) is 0 Å². The summed E-state index contributed by atoms with van der Waals surface area (Å²) < 4.78 is 0. The molecular formula is C13H12ClN. The van der Waals surface area contributed by atoms with Crippen LogP contribution in [0.2, 0.25) is 5.02 Å².